The lowest BCUT2D eigenvalue weighted by Gasteiger charge is -2.50. The van der Waals surface area contributed by atoms with Crippen LogP contribution in [0.2, 0.25) is 0 Å². The number of amides is 4. The van der Waals surface area contributed by atoms with Crippen molar-refractivity contribution in [3.8, 4) is 5.75 Å². The van der Waals surface area contributed by atoms with Gasteiger partial charge in [0, 0.05) is 14.1 Å². The minimum absolute atomic E-state index is 0.0181. The zero-order valence-electron chi connectivity index (χ0n) is 19.0. The van der Waals surface area contributed by atoms with Gasteiger partial charge in [0.1, 0.15) is 12.3 Å². The molecule has 0 aliphatic carbocycles. The van der Waals surface area contributed by atoms with Crippen molar-refractivity contribution in [2.45, 2.75) is 24.6 Å². The number of esters is 1. The number of rotatable bonds is 8. The van der Waals surface area contributed by atoms with Crippen LogP contribution in [0, 0.1) is 5.92 Å². The highest BCUT2D eigenvalue weighted by Gasteiger charge is 2.51. The van der Waals surface area contributed by atoms with E-state index in [9.17, 15) is 19.2 Å². The van der Waals surface area contributed by atoms with E-state index in [0.717, 1.165) is 10.5 Å². The van der Waals surface area contributed by atoms with Gasteiger partial charge in [-0.25, -0.2) is 4.79 Å². The second-order valence-corrected chi connectivity index (χ2v) is 8.74. The van der Waals surface area contributed by atoms with Gasteiger partial charge in [0.15, 0.2) is 0 Å². The third-order valence-corrected chi connectivity index (χ3v) is 6.75. The first-order chi connectivity index (χ1) is 15.8. The van der Waals surface area contributed by atoms with Gasteiger partial charge in [0.25, 0.3) is 0 Å². The van der Waals surface area contributed by atoms with Gasteiger partial charge in [-0.1, -0.05) is 12.1 Å². The summed E-state index contributed by atoms with van der Waals surface area (Å²) >= 11 is 1.25. The number of nitrogens with one attached hydrogen (secondary N) is 3. The summed E-state index contributed by atoms with van der Waals surface area (Å²) in [7, 11) is 4.67. The SMILES string of the molecule is CCOC(=O)CNC(=O)CSC1NC(c2ccc(OC)cc2)NC2C1C(=O)N(C)C(=O)N2C. The molecule has 2 fully saturated rings. The molecule has 0 aromatic heterocycles. The highest BCUT2D eigenvalue weighted by atomic mass is 32.2. The number of ether oxygens (including phenoxy) is 2. The molecular formula is C21H29N5O6S. The normalized spacial score (nSPS) is 24.8. The molecule has 1 aromatic rings. The van der Waals surface area contributed by atoms with E-state index in [0.29, 0.717) is 5.75 Å². The molecule has 0 spiro atoms. The number of benzene rings is 1. The molecule has 4 unspecified atom stereocenters. The second kappa shape index (κ2) is 10.9. The Labute approximate surface area is 196 Å². The van der Waals surface area contributed by atoms with Crippen molar-refractivity contribution in [3.63, 3.8) is 0 Å². The van der Waals surface area contributed by atoms with Gasteiger partial charge < -0.3 is 19.7 Å². The maximum atomic E-state index is 13.0. The Hall–Kier alpha value is -2.83. The standard InChI is InChI=1S/C21H29N5O6S/c1-5-32-15(28)10-22-14(27)11-33-19-16-18(25(2)21(30)26(3)20(16)29)23-17(24-19)12-6-8-13(31-4)9-7-12/h6-9,16-19,23-24H,5,10-11H2,1-4H3,(H,22,27). The predicted molar refractivity (Wildman–Crippen MR) is 121 cm³/mol. The molecule has 0 radical (unpaired) electrons. The number of imide groups is 1. The fourth-order valence-electron chi connectivity index (χ4n) is 3.79. The van der Waals surface area contributed by atoms with Gasteiger partial charge in [0.2, 0.25) is 11.8 Å². The lowest BCUT2D eigenvalue weighted by molar-refractivity contribution is -0.143. The molecule has 33 heavy (non-hydrogen) atoms. The van der Waals surface area contributed by atoms with Crippen LogP contribution < -0.4 is 20.7 Å². The van der Waals surface area contributed by atoms with Crippen molar-refractivity contribution in [1.29, 1.82) is 0 Å². The number of urea groups is 1. The zero-order chi connectivity index (χ0) is 24.1. The summed E-state index contributed by atoms with van der Waals surface area (Å²) in [5.74, 6) is -1.09. The maximum absolute atomic E-state index is 13.0. The lowest BCUT2D eigenvalue weighted by atomic mass is 9.96. The van der Waals surface area contributed by atoms with E-state index in [4.69, 9.17) is 9.47 Å². The topological polar surface area (TPSA) is 129 Å². The van der Waals surface area contributed by atoms with Crippen LogP contribution in [-0.4, -0.2) is 85.3 Å². The number of methoxy groups -OCH3 is 1. The van der Waals surface area contributed by atoms with Crippen LogP contribution in [0.4, 0.5) is 4.79 Å². The molecule has 11 nitrogen and oxygen atoms in total. The van der Waals surface area contributed by atoms with Gasteiger partial charge >= 0.3 is 12.0 Å². The monoisotopic (exact) mass is 479 g/mol. The van der Waals surface area contributed by atoms with Crippen molar-refractivity contribution in [2.75, 3.05) is 40.1 Å². The Morgan fingerprint density at radius 1 is 1.15 bits per heavy atom. The van der Waals surface area contributed by atoms with Crippen LogP contribution >= 0.6 is 11.8 Å². The van der Waals surface area contributed by atoms with Crippen molar-refractivity contribution in [1.82, 2.24) is 25.8 Å². The smallest absolute Gasteiger partial charge is 0.327 e. The van der Waals surface area contributed by atoms with Crippen LogP contribution in [0.15, 0.2) is 24.3 Å². The number of nitrogens with zero attached hydrogens (tertiary/aromatic N) is 2. The number of thioether (sulfide) groups is 1. The number of carbonyl (C=O) groups is 4. The maximum Gasteiger partial charge on any atom is 0.327 e. The third kappa shape index (κ3) is 5.57. The van der Waals surface area contributed by atoms with Gasteiger partial charge in [-0.3, -0.25) is 29.9 Å². The Morgan fingerprint density at radius 2 is 1.85 bits per heavy atom. The molecular weight excluding hydrogens is 450 g/mol. The first kappa shape index (κ1) is 24.8. The van der Waals surface area contributed by atoms with Crippen molar-refractivity contribution < 1.29 is 28.7 Å². The summed E-state index contributed by atoms with van der Waals surface area (Å²) in [6, 6.07) is 7.02. The largest absolute Gasteiger partial charge is 0.497 e. The molecule has 12 heteroatoms. The minimum atomic E-state index is -0.616. The first-order valence-corrected chi connectivity index (χ1v) is 11.6. The van der Waals surface area contributed by atoms with Crippen LogP contribution in [0.3, 0.4) is 0 Å². The molecule has 2 aliphatic heterocycles. The van der Waals surface area contributed by atoms with E-state index in [1.807, 2.05) is 24.3 Å². The Balaban J connectivity index is 1.76. The molecule has 0 bridgehead atoms. The number of carbonyl (C=O) groups excluding carboxylic acids is 4. The highest BCUT2D eigenvalue weighted by molar-refractivity contribution is 8.00. The number of hydrogen-bond acceptors (Lipinski definition) is 9. The van der Waals surface area contributed by atoms with Gasteiger partial charge in [-0.05, 0) is 24.6 Å². The van der Waals surface area contributed by atoms with Gasteiger partial charge in [0.05, 0.1) is 43.1 Å². The molecule has 2 heterocycles. The molecule has 0 saturated carbocycles. The fraction of sp³-hybridized carbons (Fsp3) is 0.524. The van der Waals surface area contributed by atoms with Crippen molar-refractivity contribution >= 4 is 35.6 Å². The molecule has 2 aliphatic rings. The van der Waals surface area contributed by atoms with E-state index in [2.05, 4.69) is 16.0 Å². The molecule has 1 aromatic carbocycles. The summed E-state index contributed by atoms with van der Waals surface area (Å²) in [6.45, 7) is 1.71. The number of fused-ring (bicyclic) bond motifs is 1. The average Bonchev–Trinajstić information content (AvgIpc) is 2.83. The summed E-state index contributed by atoms with van der Waals surface area (Å²) in [5.41, 5.74) is 0.888. The van der Waals surface area contributed by atoms with Crippen LogP contribution in [0.25, 0.3) is 0 Å². The molecule has 4 atom stereocenters. The molecule has 4 amide bonds. The highest BCUT2D eigenvalue weighted by Crippen LogP contribution is 2.34. The minimum Gasteiger partial charge on any atom is -0.497 e. The fourth-order valence-corrected chi connectivity index (χ4v) is 4.92. The van der Waals surface area contributed by atoms with Crippen molar-refractivity contribution in [3.05, 3.63) is 29.8 Å². The molecule has 3 N–H and O–H groups in total. The number of hydrogen-bond donors (Lipinski definition) is 3. The van der Waals surface area contributed by atoms with Crippen LogP contribution in [0.1, 0.15) is 18.7 Å². The zero-order valence-corrected chi connectivity index (χ0v) is 19.8. The summed E-state index contributed by atoms with van der Waals surface area (Å²) in [4.78, 5) is 51.9. The van der Waals surface area contributed by atoms with E-state index >= 15 is 0 Å². The first-order valence-electron chi connectivity index (χ1n) is 10.5. The van der Waals surface area contributed by atoms with Crippen molar-refractivity contribution in [2.24, 2.45) is 5.92 Å². The molecule has 3 rings (SSSR count). The van der Waals surface area contributed by atoms with Gasteiger partial charge in [-0.2, -0.15) is 0 Å². The van der Waals surface area contributed by atoms with E-state index < -0.39 is 29.5 Å². The lowest BCUT2D eigenvalue weighted by Crippen LogP contribution is -2.72. The van der Waals surface area contributed by atoms with E-state index in [1.165, 1.54) is 23.7 Å². The quantitative estimate of drug-likeness (QED) is 0.444. The average molecular weight is 480 g/mol. The Morgan fingerprint density at radius 3 is 2.48 bits per heavy atom. The summed E-state index contributed by atoms with van der Waals surface area (Å²) in [5, 5.41) is 8.78. The Kier molecular flexibility index (Phi) is 8.16. The summed E-state index contributed by atoms with van der Waals surface area (Å²) < 4.78 is 10.0. The predicted octanol–water partition coefficient (Wildman–Crippen LogP) is 0.0913. The molecule has 180 valence electrons. The third-order valence-electron chi connectivity index (χ3n) is 5.53. The second-order valence-electron chi connectivity index (χ2n) is 7.61. The van der Waals surface area contributed by atoms with E-state index in [1.54, 1.807) is 21.1 Å². The summed E-state index contributed by atoms with van der Waals surface area (Å²) in [6.07, 6.45) is -0.932. The van der Waals surface area contributed by atoms with Gasteiger partial charge in [-0.15, -0.1) is 11.8 Å². The Bertz CT molecular complexity index is 898. The van der Waals surface area contributed by atoms with E-state index in [-0.39, 0.29) is 36.9 Å². The van der Waals surface area contributed by atoms with Crippen LogP contribution in [-0.2, 0) is 19.1 Å². The van der Waals surface area contributed by atoms with Crippen LogP contribution in [0.5, 0.6) is 5.75 Å². The molecule has 2 saturated heterocycles.